The summed E-state index contributed by atoms with van der Waals surface area (Å²) >= 11 is 0. The van der Waals surface area contributed by atoms with Crippen molar-refractivity contribution in [3.63, 3.8) is 0 Å². The van der Waals surface area contributed by atoms with Crippen molar-refractivity contribution < 1.29 is 9.53 Å². The van der Waals surface area contributed by atoms with Crippen LogP contribution in [-0.4, -0.2) is 30.3 Å². The summed E-state index contributed by atoms with van der Waals surface area (Å²) in [6, 6.07) is 3.64. The zero-order valence-electron chi connectivity index (χ0n) is 8.93. The average molecular weight is 206 g/mol. The molecule has 80 valence electrons. The number of aliphatic imine (C=N–C) groups is 1. The molecule has 4 nitrogen and oxygen atoms in total. The molecule has 0 atom stereocenters. The minimum absolute atomic E-state index is 0.203. The van der Waals surface area contributed by atoms with Crippen molar-refractivity contribution in [2.24, 2.45) is 4.99 Å². The Morgan fingerprint density at radius 2 is 2.13 bits per heavy atom. The van der Waals surface area contributed by atoms with Crippen LogP contribution < -0.4 is 0 Å². The SMILES string of the molecule is CCOC(=O)CC(=NC)c1ccncc1. The van der Waals surface area contributed by atoms with Gasteiger partial charge in [0.2, 0.25) is 0 Å². The summed E-state index contributed by atoms with van der Waals surface area (Å²) in [6.45, 7) is 2.18. The molecule has 0 unspecified atom stereocenters. The van der Waals surface area contributed by atoms with Crippen LogP contribution in [0.1, 0.15) is 18.9 Å². The summed E-state index contributed by atoms with van der Waals surface area (Å²) in [5.41, 5.74) is 1.62. The van der Waals surface area contributed by atoms with Crippen LogP contribution in [0.5, 0.6) is 0 Å². The first-order chi connectivity index (χ1) is 7.27. The van der Waals surface area contributed by atoms with Crippen molar-refractivity contribution in [2.45, 2.75) is 13.3 Å². The summed E-state index contributed by atoms with van der Waals surface area (Å²) in [5, 5.41) is 0. The van der Waals surface area contributed by atoms with E-state index in [0.29, 0.717) is 6.61 Å². The lowest BCUT2D eigenvalue weighted by atomic mass is 10.1. The Morgan fingerprint density at radius 3 is 2.67 bits per heavy atom. The molecule has 0 fully saturated rings. The Balaban J connectivity index is 2.70. The minimum Gasteiger partial charge on any atom is -0.466 e. The normalized spacial score (nSPS) is 11.2. The quantitative estimate of drug-likeness (QED) is 0.553. The Hall–Kier alpha value is -1.71. The van der Waals surface area contributed by atoms with E-state index in [1.807, 2.05) is 12.1 Å². The highest BCUT2D eigenvalue weighted by atomic mass is 16.5. The first-order valence-corrected chi connectivity index (χ1v) is 4.79. The third-order valence-corrected chi connectivity index (χ3v) is 1.90. The standard InChI is InChI=1S/C11H14N2O2/c1-3-15-11(14)8-10(12-2)9-4-6-13-7-5-9/h4-7H,3,8H2,1-2H3. The smallest absolute Gasteiger partial charge is 0.311 e. The van der Waals surface area contributed by atoms with E-state index < -0.39 is 0 Å². The topological polar surface area (TPSA) is 51.5 Å². The molecule has 0 amide bonds. The van der Waals surface area contributed by atoms with E-state index in [4.69, 9.17) is 4.74 Å². The molecule has 0 aliphatic heterocycles. The molecule has 0 N–H and O–H groups in total. The van der Waals surface area contributed by atoms with E-state index in [-0.39, 0.29) is 12.4 Å². The van der Waals surface area contributed by atoms with Gasteiger partial charge in [-0.15, -0.1) is 0 Å². The van der Waals surface area contributed by atoms with E-state index in [1.54, 1.807) is 26.4 Å². The van der Waals surface area contributed by atoms with Crippen LogP contribution in [0.4, 0.5) is 0 Å². The highest BCUT2D eigenvalue weighted by Gasteiger charge is 2.09. The van der Waals surface area contributed by atoms with Crippen LogP contribution in [0, 0.1) is 0 Å². The molecule has 0 aliphatic carbocycles. The fraction of sp³-hybridized carbons (Fsp3) is 0.364. The van der Waals surface area contributed by atoms with Gasteiger partial charge in [0.1, 0.15) is 0 Å². The first-order valence-electron chi connectivity index (χ1n) is 4.79. The molecule has 4 heteroatoms. The Kier molecular flexibility index (Phi) is 4.47. The number of rotatable bonds is 4. The van der Waals surface area contributed by atoms with E-state index >= 15 is 0 Å². The molecule has 1 rings (SSSR count). The lowest BCUT2D eigenvalue weighted by Gasteiger charge is -2.05. The van der Waals surface area contributed by atoms with Crippen molar-refractivity contribution >= 4 is 11.7 Å². The maximum atomic E-state index is 11.3. The molecule has 0 radical (unpaired) electrons. The molecule has 1 heterocycles. The number of aromatic nitrogens is 1. The van der Waals surface area contributed by atoms with Gasteiger partial charge in [-0.25, -0.2) is 0 Å². The van der Waals surface area contributed by atoms with Gasteiger partial charge >= 0.3 is 5.97 Å². The molecule has 0 aliphatic rings. The maximum Gasteiger partial charge on any atom is 0.311 e. The fourth-order valence-corrected chi connectivity index (χ4v) is 1.20. The summed E-state index contributed by atoms with van der Waals surface area (Å²) in [5.74, 6) is -0.255. The maximum absolute atomic E-state index is 11.3. The van der Waals surface area contributed by atoms with E-state index in [9.17, 15) is 4.79 Å². The largest absolute Gasteiger partial charge is 0.466 e. The molecule has 1 aromatic heterocycles. The van der Waals surface area contributed by atoms with Crippen LogP contribution in [0.3, 0.4) is 0 Å². The van der Waals surface area contributed by atoms with Gasteiger partial charge in [-0.2, -0.15) is 0 Å². The molecular formula is C11H14N2O2. The molecule has 0 spiro atoms. The predicted molar refractivity (Wildman–Crippen MR) is 57.9 cm³/mol. The van der Waals surface area contributed by atoms with E-state index in [0.717, 1.165) is 11.3 Å². The highest BCUT2D eigenvalue weighted by molar-refractivity contribution is 6.09. The van der Waals surface area contributed by atoms with Crippen LogP contribution in [-0.2, 0) is 9.53 Å². The zero-order valence-corrected chi connectivity index (χ0v) is 8.93. The van der Waals surface area contributed by atoms with Gasteiger partial charge in [-0.1, -0.05) is 0 Å². The van der Waals surface area contributed by atoms with Gasteiger partial charge in [-0.05, 0) is 24.6 Å². The molecule has 0 bridgehead atoms. The van der Waals surface area contributed by atoms with Crippen molar-refractivity contribution in [2.75, 3.05) is 13.7 Å². The van der Waals surface area contributed by atoms with Gasteiger partial charge in [0, 0.05) is 19.4 Å². The van der Waals surface area contributed by atoms with Crippen molar-refractivity contribution in [1.29, 1.82) is 0 Å². The van der Waals surface area contributed by atoms with Crippen LogP contribution in [0.25, 0.3) is 0 Å². The number of carbonyl (C=O) groups is 1. The molecule has 15 heavy (non-hydrogen) atoms. The fourth-order valence-electron chi connectivity index (χ4n) is 1.20. The summed E-state index contributed by atoms with van der Waals surface area (Å²) in [4.78, 5) is 19.2. The van der Waals surface area contributed by atoms with Gasteiger partial charge in [0.05, 0.1) is 18.7 Å². The molecule has 1 aromatic rings. The third-order valence-electron chi connectivity index (χ3n) is 1.90. The summed E-state index contributed by atoms with van der Waals surface area (Å²) in [7, 11) is 1.66. The highest BCUT2D eigenvalue weighted by Crippen LogP contribution is 2.04. The second-order valence-electron chi connectivity index (χ2n) is 2.89. The third kappa shape index (κ3) is 3.50. The summed E-state index contributed by atoms with van der Waals surface area (Å²) in [6.07, 6.45) is 3.55. The number of pyridine rings is 1. The van der Waals surface area contributed by atoms with Crippen molar-refractivity contribution in [3.05, 3.63) is 30.1 Å². The van der Waals surface area contributed by atoms with Crippen molar-refractivity contribution in [3.8, 4) is 0 Å². The lowest BCUT2D eigenvalue weighted by Crippen LogP contribution is -2.12. The summed E-state index contributed by atoms with van der Waals surface area (Å²) < 4.78 is 4.86. The van der Waals surface area contributed by atoms with Gasteiger partial charge < -0.3 is 4.74 Å². The van der Waals surface area contributed by atoms with E-state index in [1.165, 1.54) is 0 Å². The van der Waals surface area contributed by atoms with Crippen LogP contribution in [0.2, 0.25) is 0 Å². The molecular weight excluding hydrogens is 192 g/mol. The second-order valence-corrected chi connectivity index (χ2v) is 2.89. The number of hydrogen-bond donors (Lipinski definition) is 0. The minimum atomic E-state index is -0.255. The number of hydrogen-bond acceptors (Lipinski definition) is 4. The van der Waals surface area contributed by atoms with Gasteiger partial charge in [0.15, 0.2) is 0 Å². The van der Waals surface area contributed by atoms with Crippen LogP contribution in [0.15, 0.2) is 29.5 Å². The first kappa shape index (κ1) is 11.4. The predicted octanol–water partition coefficient (Wildman–Crippen LogP) is 1.45. The molecule has 0 aromatic carbocycles. The number of ether oxygens (including phenoxy) is 1. The lowest BCUT2D eigenvalue weighted by molar-refractivity contribution is -0.141. The number of nitrogens with zero attached hydrogens (tertiary/aromatic N) is 2. The number of carbonyl (C=O) groups excluding carboxylic acids is 1. The monoisotopic (exact) mass is 206 g/mol. The Labute approximate surface area is 89.0 Å². The van der Waals surface area contributed by atoms with Gasteiger partial charge in [-0.3, -0.25) is 14.8 Å². The Morgan fingerprint density at radius 1 is 1.47 bits per heavy atom. The Bertz CT molecular complexity index is 347. The zero-order chi connectivity index (χ0) is 11.1. The van der Waals surface area contributed by atoms with Crippen molar-refractivity contribution in [1.82, 2.24) is 4.98 Å². The van der Waals surface area contributed by atoms with E-state index in [2.05, 4.69) is 9.98 Å². The molecule has 0 saturated heterocycles. The van der Waals surface area contributed by atoms with Crippen LogP contribution >= 0.6 is 0 Å². The number of esters is 1. The van der Waals surface area contributed by atoms with Gasteiger partial charge in [0.25, 0.3) is 0 Å². The molecule has 0 saturated carbocycles. The average Bonchev–Trinajstić information content (AvgIpc) is 2.27. The second kappa shape index (κ2) is 5.90.